The number of hydrogen-bond donors (Lipinski definition) is 2. The number of hydrogen-bond acceptors (Lipinski definition) is 2. The minimum atomic E-state index is -0.102. The monoisotopic (exact) mass is 210 g/mol. The molecular weight excluding hydrogens is 199 g/mol. The molecule has 1 aromatic rings. The molecule has 0 spiro atoms. The van der Waals surface area contributed by atoms with Gasteiger partial charge in [-0.2, -0.15) is 0 Å². The quantitative estimate of drug-likeness (QED) is 0.734. The van der Waals surface area contributed by atoms with Gasteiger partial charge in [0.2, 0.25) is 5.56 Å². The third-order valence-electron chi connectivity index (χ3n) is 1.32. The summed E-state index contributed by atoms with van der Waals surface area (Å²) in [6.45, 7) is 1.84. The number of nitrogens with one attached hydrogen (secondary N) is 1. The van der Waals surface area contributed by atoms with Crippen molar-refractivity contribution >= 4 is 24.8 Å². The van der Waals surface area contributed by atoms with E-state index in [1.54, 1.807) is 12.3 Å². The molecule has 0 aliphatic rings. The molecule has 3 N–H and O–H groups in total. The largest absolute Gasteiger partial charge is 0.329 e. The Balaban J connectivity index is 0. The average molecular weight is 211 g/mol. The van der Waals surface area contributed by atoms with Crippen LogP contribution in [0.1, 0.15) is 18.5 Å². The predicted molar refractivity (Wildman–Crippen MR) is 54.2 cm³/mol. The van der Waals surface area contributed by atoms with Gasteiger partial charge in [-0.05, 0) is 18.6 Å². The second-order valence-corrected chi connectivity index (χ2v) is 2.27. The van der Waals surface area contributed by atoms with Gasteiger partial charge in [0.25, 0.3) is 0 Å². The molecule has 0 fully saturated rings. The molecule has 0 aliphatic heterocycles. The summed E-state index contributed by atoms with van der Waals surface area (Å²) in [4.78, 5) is 13.2. The van der Waals surface area contributed by atoms with Crippen LogP contribution in [-0.4, -0.2) is 4.98 Å². The second-order valence-electron chi connectivity index (χ2n) is 2.27. The SMILES string of the molecule is CC(N)c1cc[nH]c(=O)c1.Cl.Cl. The lowest BCUT2D eigenvalue weighted by Gasteiger charge is -2.01. The molecule has 1 aromatic heterocycles. The van der Waals surface area contributed by atoms with Crippen LogP contribution >= 0.6 is 24.8 Å². The number of rotatable bonds is 1. The summed E-state index contributed by atoms with van der Waals surface area (Å²) >= 11 is 0. The minimum Gasteiger partial charge on any atom is -0.329 e. The molecule has 0 aliphatic carbocycles. The van der Waals surface area contributed by atoms with Crippen molar-refractivity contribution in [2.24, 2.45) is 5.73 Å². The first-order chi connectivity index (χ1) is 4.70. The first-order valence-corrected chi connectivity index (χ1v) is 3.14. The average Bonchev–Trinajstić information content (AvgIpc) is 1.88. The van der Waals surface area contributed by atoms with Crippen LogP contribution in [0.15, 0.2) is 23.1 Å². The molecule has 0 saturated carbocycles. The van der Waals surface area contributed by atoms with Crippen LogP contribution in [0, 0.1) is 0 Å². The molecule has 70 valence electrons. The lowest BCUT2D eigenvalue weighted by molar-refractivity contribution is 0.813. The van der Waals surface area contributed by atoms with Crippen molar-refractivity contribution < 1.29 is 0 Å². The highest BCUT2D eigenvalue weighted by Crippen LogP contribution is 2.03. The van der Waals surface area contributed by atoms with Crippen LogP contribution in [0.25, 0.3) is 0 Å². The molecule has 0 aromatic carbocycles. The van der Waals surface area contributed by atoms with E-state index in [0.717, 1.165) is 5.56 Å². The summed E-state index contributed by atoms with van der Waals surface area (Å²) in [6, 6.07) is 3.23. The molecule has 1 rings (SSSR count). The summed E-state index contributed by atoms with van der Waals surface area (Å²) in [5, 5.41) is 0. The zero-order valence-corrected chi connectivity index (χ0v) is 8.24. The Morgan fingerprint density at radius 2 is 2.08 bits per heavy atom. The van der Waals surface area contributed by atoms with Crippen molar-refractivity contribution in [3.63, 3.8) is 0 Å². The van der Waals surface area contributed by atoms with Crippen molar-refractivity contribution in [1.82, 2.24) is 4.98 Å². The van der Waals surface area contributed by atoms with E-state index in [1.807, 2.05) is 6.92 Å². The highest BCUT2D eigenvalue weighted by atomic mass is 35.5. The molecule has 0 radical (unpaired) electrons. The van der Waals surface area contributed by atoms with Crippen molar-refractivity contribution in [3.8, 4) is 0 Å². The highest BCUT2D eigenvalue weighted by molar-refractivity contribution is 5.85. The topological polar surface area (TPSA) is 58.9 Å². The smallest absolute Gasteiger partial charge is 0.248 e. The van der Waals surface area contributed by atoms with E-state index >= 15 is 0 Å². The van der Waals surface area contributed by atoms with E-state index in [4.69, 9.17) is 5.73 Å². The van der Waals surface area contributed by atoms with Crippen LogP contribution in [0.4, 0.5) is 0 Å². The van der Waals surface area contributed by atoms with Gasteiger partial charge in [-0.25, -0.2) is 0 Å². The fourth-order valence-electron chi connectivity index (χ4n) is 0.744. The van der Waals surface area contributed by atoms with Gasteiger partial charge in [-0.1, -0.05) is 0 Å². The zero-order valence-electron chi connectivity index (χ0n) is 6.61. The molecule has 1 heterocycles. The van der Waals surface area contributed by atoms with Gasteiger partial charge in [-0.15, -0.1) is 24.8 Å². The van der Waals surface area contributed by atoms with E-state index in [1.165, 1.54) is 6.07 Å². The van der Waals surface area contributed by atoms with Gasteiger partial charge < -0.3 is 10.7 Å². The molecule has 5 heteroatoms. The van der Waals surface area contributed by atoms with Gasteiger partial charge in [0, 0.05) is 18.3 Å². The third kappa shape index (κ3) is 3.76. The normalized spacial score (nSPS) is 10.8. The Kier molecular flexibility index (Phi) is 7.09. The van der Waals surface area contributed by atoms with E-state index in [-0.39, 0.29) is 36.4 Å². The van der Waals surface area contributed by atoms with E-state index < -0.39 is 0 Å². The molecule has 1 atom stereocenters. The maximum absolute atomic E-state index is 10.7. The van der Waals surface area contributed by atoms with Crippen LogP contribution in [-0.2, 0) is 0 Å². The molecule has 1 unspecified atom stereocenters. The number of nitrogens with two attached hydrogens (primary N) is 1. The summed E-state index contributed by atoms with van der Waals surface area (Å²) in [7, 11) is 0. The van der Waals surface area contributed by atoms with Crippen LogP contribution in [0.5, 0.6) is 0 Å². The number of halogens is 2. The predicted octanol–water partition coefficient (Wildman–Crippen LogP) is 1.24. The zero-order chi connectivity index (χ0) is 7.56. The molecule has 0 amide bonds. The summed E-state index contributed by atoms with van der Waals surface area (Å²) in [6.07, 6.45) is 1.60. The Hall–Kier alpha value is -0.510. The van der Waals surface area contributed by atoms with Gasteiger partial charge in [0.15, 0.2) is 0 Å². The fourth-order valence-corrected chi connectivity index (χ4v) is 0.744. The molecular formula is C7H12Cl2N2O. The Bertz CT molecular complexity index is 272. The lowest BCUT2D eigenvalue weighted by Crippen LogP contribution is -2.10. The van der Waals surface area contributed by atoms with E-state index in [9.17, 15) is 4.79 Å². The van der Waals surface area contributed by atoms with E-state index in [0.29, 0.717) is 0 Å². The molecule has 3 nitrogen and oxygen atoms in total. The number of H-pyrrole nitrogens is 1. The van der Waals surface area contributed by atoms with Crippen LogP contribution in [0.2, 0.25) is 0 Å². The number of pyridine rings is 1. The van der Waals surface area contributed by atoms with Crippen LogP contribution < -0.4 is 11.3 Å². The van der Waals surface area contributed by atoms with Crippen molar-refractivity contribution in [1.29, 1.82) is 0 Å². The fraction of sp³-hybridized carbons (Fsp3) is 0.286. The van der Waals surface area contributed by atoms with Crippen LogP contribution in [0.3, 0.4) is 0 Å². The Morgan fingerprint density at radius 1 is 1.50 bits per heavy atom. The Labute approximate surface area is 83.2 Å². The summed E-state index contributed by atoms with van der Waals surface area (Å²) < 4.78 is 0. The van der Waals surface area contributed by atoms with Gasteiger partial charge in [0.05, 0.1) is 0 Å². The number of aromatic nitrogens is 1. The standard InChI is InChI=1S/C7H10N2O.2ClH/c1-5(8)6-2-3-9-7(10)4-6;;/h2-5H,8H2,1H3,(H,9,10);2*1H. The van der Waals surface area contributed by atoms with Crippen molar-refractivity contribution in [2.45, 2.75) is 13.0 Å². The summed E-state index contributed by atoms with van der Waals surface area (Å²) in [5.74, 6) is 0. The minimum absolute atomic E-state index is 0. The first-order valence-electron chi connectivity index (χ1n) is 3.14. The first kappa shape index (κ1) is 14.0. The van der Waals surface area contributed by atoms with Crippen molar-refractivity contribution in [2.75, 3.05) is 0 Å². The second kappa shape index (κ2) is 6.06. The number of aromatic amines is 1. The molecule has 12 heavy (non-hydrogen) atoms. The third-order valence-corrected chi connectivity index (χ3v) is 1.32. The van der Waals surface area contributed by atoms with Gasteiger partial charge in [0.1, 0.15) is 0 Å². The van der Waals surface area contributed by atoms with Gasteiger partial charge >= 0.3 is 0 Å². The maximum Gasteiger partial charge on any atom is 0.248 e. The Morgan fingerprint density at radius 3 is 2.42 bits per heavy atom. The molecule has 0 bridgehead atoms. The summed E-state index contributed by atoms with van der Waals surface area (Å²) in [5.41, 5.74) is 6.29. The maximum atomic E-state index is 10.7. The highest BCUT2D eigenvalue weighted by Gasteiger charge is 1.96. The molecule has 0 saturated heterocycles. The lowest BCUT2D eigenvalue weighted by atomic mass is 10.1. The van der Waals surface area contributed by atoms with Gasteiger partial charge in [-0.3, -0.25) is 4.79 Å². The van der Waals surface area contributed by atoms with E-state index in [2.05, 4.69) is 4.98 Å². The van der Waals surface area contributed by atoms with Crippen molar-refractivity contribution in [3.05, 3.63) is 34.2 Å².